The maximum absolute atomic E-state index is 11.9. The number of H-pyrrole nitrogens is 1. The normalized spacial score (nSPS) is 10.8. The molecule has 1 N–H and O–H groups in total. The summed E-state index contributed by atoms with van der Waals surface area (Å²) in [5.74, 6) is 0. The molecular weight excluding hydrogens is 280 g/mol. The summed E-state index contributed by atoms with van der Waals surface area (Å²) in [6, 6.07) is 8.18. The number of nitrogens with zero attached hydrogens (tertiary/aromatic N) is 1. The minimum atomic E-state index is 0.00311. The van der Waals surface area contributed by atoms with Crippen LogP contribution in [0.4, 0.5) is 0 Å². The Bertz CT molecular complexity index is 583. The Balaban J connectivity index is 2.34. The first-order valence-electron chi connectivity index (χ1n) is 5.64. The average Bonchev–Trinajstić information content (AvgIpc) is 2.57. The molecule has 0 aliphatic rings. The van der Waals surface area contributed by atoms with E-state index >= 15 is 0 Å². The van der Waals surface area contributed by atoms with Gasteiger partial charge in [0.1, 0.15) is 4.47 Å². The van der Waals surface area contributed by atoms with Crippen molar-refractivity contribution in [2.75, 3.05) is 0 Å². The van der Waals surface area contributed by atoms with Crippen molar-refractivity contribution < 1.29 is 0 Å². The zero-order valence-electron chi connectivity index (χ0n) is 9.96. The first kappa shape index (κ1) is 12.2. The molecule has 0 radical (unpaired) electrons. The van der Waals surface area contributed by atoms with Gasteiger partial charge < -0.3 is 0 Å². The predicted octanol–water partition coefficient (Wildman–Crippen LogP) is 2.86. The highest BCUT2D eigenvalue weighted by Gasteiger charge is 2.09. The molecule has 2 aromatic rings. The van der Waals surface area contributed by atoms with E-state index in [9.17, 15) is 4.79 Å². The fraction of sp³-hybridized carbons (Fsp3) is 0.308. The van der Waals surface area contributed by atoms with Crippen LogP contribution in [-0.4, -0.2) is 9.78 Å². The van der Waals surface area contributed by atoms with Crippen LogP contribution in [0.5, 0.6) is 0 Å². The fourth-order valence-electron chi connectivity index (χ4n) is 1.85. The maximum Gasteiger partial charge on any atom is 0.281 e. The van der Waals surface area contributed by atoms with Gasteiger partial charge in [0.05, 0.1) is 12.2 Å². The van der Waals surface area contributed by atoms with E-state index in [1.54, 1.807) is 4.68 Å². The van der Waals surface area contributed by atoms with E-state index < -0.39 is 0 Å². The van der Waals surface area contributed by atoms with Gasteiger partial charge in [0.2, 0.25) is 0 Å². The first-order chi connectivity index (χ1) is 8.11. The second-order valence-corrected chi connectivity index (χ2v) is 4.93. The van der Waals surface area contributed by atoms with Gasteiger partial charge in [-0.15, -0.1) is 0 Å². The number of aromatic nitrogens is 2. The third kappa shape index (κ3) is 2.52. The fourth-order valence-corrected chi connectivity index (χ4v) is 2.43. The van der Waals surface area contributed by atoms with E-state index in [2.05, 4.69) is 27.1 Å². The second kappa shape index (κ2) is 4.92. The van der Waals surface area contributed by atoms with Crippen LogP contribution in [0.15, 0.2) is 33.5 Å². The van der Waals surface area contributed by atoms with E-state index in [1.165, 1.54) is 5.56 Å². The van der Waals surface area contributed by atoms with Crippen molar-refractivity contribution >= 4 is 15.9 Å². The lowest BCUT2D eigenvalue weighted by molar-refractivity contribution is 0.652. The van der Waals surface area contributed by atoms with E-state index in [0.29, 0.717) is 11.0 Å². The molecule has 0 fully saturated rings. The van der Waals surface area contributed by atoms with Crippen LogP contribution in [0.3, 0.4) is 0 Å². The molecule has 0 amide bonds. The Hall–Kier alpha value is -1.29. The zero-order chi connectivity index (χ0) is 12.4. The summed E-state index contributed by atoms with van der Waals surface area (Å²) in [4.78, 5) is 11.9. The largest absolute Gasteiger partial charge is 0.298 e. The molecule has 0 aliphatic carbocycles. The van der Waals surface area contributed by atoms with E-state index in [1.807, 2.05) is 32.0 Å². The first-order valence-corrected chi connectivity index (χ1v) is 6.44. The molecule has 0 saturated heterocycles. The number of benzene rings is 1. The van der Waals surface area contributed by atoms with Crippen LogP contribution in [0, 0.1) is 6.92 Å². The number of halogens is 1. The maximum atomic E-state index is 11.9. The summed E-state index contributed by atoms with van der Waals surface area (Å²) in [6.07, 6.45) is 0.816. The number of rotatable bonds is 3. The number of hydrogen-bond acceptors (Lipinski definition) is 1. The molecule has 1 aromatic heterocycles. The molecular formula is C13H15BrN2O. The van der Waals surface area contributed by atoms with Crippen molar-refractivity contribution in [1.82, 2.24) is 9.78 Å². The molecule has 0 atom stereocenters. The Morgan fingerprint density at radius 3 is 2.76 bits per heavy atom. The standard InChI is InChI=1S/C13H15BrN2O/c1-3-11-12(14)13(17)16(15-11)8-10-6-4-5-9(2)7-10/h4-7,15H,3,8H2,1-2H3. The summed E-state index contributed by atoms with van der Waals surface area (Å²) in [7, 11) is 0. The van der Waals surface area contributed by atoms with Crippen molar-refractivity contribution in [3.05, 3.63) is 55.9 Å². The molecule has 0 saturated carbocycles. The Labute approximate surface area is 109 Å². The van der Waals surface area contributed by atoms with Gasteiger partial charge in [0, 0.05) is 0 Å². The van der Waals surface area contributed by atoms with Crippen molar-refractivity contribution in [3.8, 4) is 0 Å². The number of nitrogens with one attached hydrogen (secondary N) is 1. The Morgan fingerprint density at radius 1 is 1.41 bits per heavy atom. The molecule has 17 heavy (non-hydrogen) atoms. The summed E-state index contributed by atoms with van der Waals surface area (Å²) < 4.78 is 2.28. The van der Waals surface area contributed by atoms with Gasteiger partial charge in [-0.1, -0.05) is 36.8 Å². The molecule has 90 valence electrons. The van der Waals surface area contributed by atoms with E-state index in [-0.39, 0.29) is 5.56 Å². The highest BCUT2D eigenvalue weighted by molar-refractivity contribution is 9.10. The molecule has 3 nitrogen and oxygen atoms in total. The van der Waals surface area contributed by atoms with Crippen LogP contribution in [0.1, 0.15) is 23.7 Å². The van der Waals surface area contributed by atoms with Crippen LogP contribution < -0.4 is 5.56 Å². The average molecular weight is 295 g/mol. The van der Waals surface area contributed by atoms with E-state index in [4.69, 9.17) is 0 Å². The van der Waals surface area contributed by atoms with Gasteiger partial charge in [-0.25, -0.2) is 4.68 Å². The summed E-state index contributed by atoms with van der Waals surface area (Å²) in [5, 5.41) is 3.12. The van der Waals surface area contributed by atoms with Crippen LogP contribution in [0.2, 0.25) is 0 Å². The molecule has 0 spiro atoms. The highest BCUT2D eigenvalue weighted by Crippen LogP contribution is 2.11. The zero-order valence-corrected chi connectivity index (χ0v) is 11.5. The minimum absolute atomic E-state index is 0.00311. The monoisotopic (exact) mass is 294 g/mol. The smallest absolute Gasteiger partial charge is 0.281 e. The Morgan fingerprint density at radius 2 is 2.18 bits per heavy atom. The van der Waals surface area contributed by atoms with Gasteiger partial charge in [0.15, 0.2) is 0 Å². The molecule has 4 heteroatoms. The summed E-state index contributed by atoms with van der Waals surface area (Å²) in [6.45, 7) is 4.65. The third-order valence-corrected chi connectivity index (χ3v) is 3.56. The minimum Gasteiger partial charge on any atom is -0.298 e. The third-order valence-electron chi connectivity index (χ3n) is 2.74. The summed E-state index contributed by atoms with van der Waals surface area (Å²) >= 11 is 3.32. The van der Waals surface area contributed by atoms with E-state index in [0.717, 1.165) is 17.7 Å². The van der Waals surface area contributed by atoms with Gasteiger partial charge >= 0.3 is 0 Å². The van der Waals surface area contributed by atoms with Gasteiger partial charge in [-0.05, 0) is 34.8 Å². The SMILES string of the molecule is CCc1[nH]n(Cc2cccc(C)c2)c(=O)c1Br. The van der Waals surface area contributed by atoms with Crippen molar-refractivity contribution in [1.29, 1.82) is 0 Å². The van der Waals surface area contributed by atoms with Gasteiger partial charge in [0.25, 0.3) is 5.56 Å². The van der Waals surface area contributed by atoms with Crippen molar-refractivity contribution in [2.45, 2.75) is 26.8 Å². The molecule has 0 aliphatic heterocycles. The number of aryl methyl sites for hydroxylation is 2. The molecule has 0 bridgehead atoms. The van der Waals surface area contributed by atoms with Crippen LogP contribution in [-0.2, 0) is 13.0 Å². The van der Waals surface area contributed by atoms with Crippen LogP contribution in [0.25, 0.3) is 0 Å². The Kier molecular flexibility index (Phi) is 3.52. The van der Waals surface area contributed by atoms with Crippen molar-refractivity contribution in [2.24, 2.45) is 0 Å². The lowest BCUT2D eigenvalue weighted by Crippen LogP contribution is -2.17. The highest BCUT2D eigenvalue weighted by atomic mass is 79.9. The van der Waals surface area contributed by atoms with Gasteiger partial charge in [-0.3, -0.25) is 9.89 Å². The summed E-state index contributed by atoms with van der Waals surface area (Å²) in [5.41, 5.74) is 3.28. The molecule has 0 unspecified atom stereocenters. The molecule has 2 rings (SSSR count). The number of hydrogen-bond donors (Lipinski definition) is 1. The van der Waals surface area contributed by atoms with Crippen LogP contribution >= 0.6 is 15.9 Å². The molecule has 1 aromatic carbocycles. The predicted molar refractivity (Wildman–Crippen MR) is 72.4 cm³/mol. The van der Waals surface area contributed by atoms with Crippen molar-refractivity contribution in [3.63, 3.8) is 0 Å². The molecule has 1 heterocycles. The lowest BCUT2D eigenvalue weighted by Gasteiger charge is -2.03. The quantitative estimate of drug-likeness (QED) is 0.929. The topological polar surface area (TPSA) is 37.8 Å². The lowest BCUT2D eigenvalue weighted by atomic mass is 10.1. The van der Waals surface area contributed by atoms with Gasteiger partial charge in [-0.2, -0.15) is 0 Å². The second-order valence-electron chi connectivity index (χ2n) is 4.14. The number of aromatic amines is 1.